The quantitative estimate of drug-likeness (QED) is 0.872. The number of hydrogen-bond acceptors (Lipinski definition) is 7. The number of halogens is 2. The van der Waals surface area contributed by atoms with Crippen molar-refractivity contribution < 1.29 is 32.9 Å². The third-order valence-corrected chi connectivity index (χ3v) is 3.16. The average Bonchev–Trinajstić information content (AvgIpc) is 2.78. The van der Waals surface area contributed by atoms with E-state index in [0.29, 0.717) is 0 Å². The average molecular weight is 339 g/mol. The Morgan fingerprint density at radius 1 is 1.33 bits per heavy atom. The molecule has 1 aliphatic rings. The summed E-state index contributed by atoms with van der Waals surface area (Å²) in [5, 5.41) is 9.17. The zero-order valence-corrected chi connectivity index (χ0v) is 12.5. The van der Waals surface area contributed by atoms with E-state index in [1.807, 2.05) is 0 Å². The number of nitrogens with two attached hydrogens (primary N) is 1. The molecule has 0 bridgehead atoms. The van der Waals surface area contributed by atoms with Crippen LogP contribution in [-0.4, -0.2) is 34.2 Å². The van der Waals surface area contributed by atoms with Crippen LogP contribution in [0.15, 0.2) is 12.1 Å². The number of carboxylic acids is 1. The van der Waals surface area contributed by atoms with Crippen LogP contribution in [0.5, 0.6) is 17.2 Å². The summed E-state index contributed by atoms with van der Waals surface area (Å²) >= 11 is 0. The van der Waals surface area contributed by atoms with Crippen LogP contribution >= 0.6 is 0 Å². The molecule has 2 heterocycles. The van der Waals surface area contributed by atoms with E-state index in [1.54, 1.807) is 0 Å². The molecule has 1 atom stereocenters. The second-order valence-electron chi connectivity index (χ2n) is 4.94. The second-order valence-corrected chi connectivity index (χ2v) is 4.94. The summed E-state index contributed by atoms with van der Waals surface area (Å²) < 4.78 is 42.5. The predicted molar refractivity (Wildman–Crippen MR) is 76.1 cm³/mol. The predicted octanol–water partition coefficient (Wildman–Crippen LogP) is 1.99. The van der Waals surface area contributed by atoms with Crippen LogP contribution in [-0.2, 0) is 0 Å². The third kappa shape index (κ3) is 2.51. The highest BCUT2D eigenvalue weighted by Crippen LogP contribution is 2.43. The molecule has 0 spiro atoms. The van der Waals surface area contributed by atoms with Crippen molar-refractivity contribution in [3.05, 3.63) is 23.6 Å². The Kier molecular flexibility index (Phi) is 3.39. The summed E-state index contributed by atoms with van der Waals surface area (Å²) in [5.41, 5.74) is 4.87. The highest BCUT2D eigenvalue weighted by molar-refractivity contribution is 5.91. The van der Waals surface area contributed by atoms with E-state index in [2.05, 4.69) is 9.97 Å². The van der Waals surface area contributed by atoms with Crippen molar-refractivity contribution in [2.24, 2.45) is 0 Å². The Balaban J connectivity index is 2.16. The minimum Gasteiger partial charge on any atom is -0.491 e. The minimum atomic E-state index is -2.43. The van der Waals surface area contributed by atoms with Crippen molar-refractivity contribution >= 4 is 11.8 Å². The first-order chi connectivity index (χ1) is 11.2. The normalized spacial score (nSPS) is 18.5. The van der Waals surface area contributed by atoms with Crippen molar-refractivity contribution in [2.75, 3.05) is 12.8 Å². The maximum absolute atomic E-state index is 14.3. The van der Waals surface area contributed by atoms with Gasteiger partial charge in [0, 0.05) is 13.0 Å². The van der Waals surface area contributed by atoms with Crippen LogP contribution in [0.1, 0.15) is 17.4 Å². The number of carbonyl (C=O) groups is 1. The lowest BCUT2D eigenvalue weighted by atomic mass is 10.1. The highest BCUT2D eigenvalue weighted by Gasteiger charge is 2.38. The SMILES string of the molecule is COc1c(N)nc(-c2cc3c(cc2F)OC(C)(F)O3)nc1C(=O)O. The molecule has 0 saturated heterocycles. The van der Waals surface area contributed by atoms with Gasteiger partial charge in [0.1, 0.15) is 5.82 Å². The molecule has 3 N–H and O–H groups in total. The number of nitrogens with zero attached hydrogens (tertiary/aromatic N) is 2. The maximum Gasteiger partial charge on any atom is 0.404 e. The van der Waals surface area contributed by atoms with E-state index in [4.69, 9.17) is 19.9 Å². The molecule has 1 unspecified atom stereocenters. The molecular formula is C14H11F2N3O5. The lowest BCUT2D eigenvalue weighted by Crippen LogP contribution is -2.27. The van der Waals surface area contributed by atoms with Gasteiger partial charge in [-0.05, 0) is 6.07 Å². The topological polar surface area (TPSA) is 117 Å². The van der Waals surface area contributed by atoms with Crippen LogP contribution in [0.25, 0.3) is 11.4 Å². The minimum absolute atomic E-state index is 0.0775. The molecule has 0 radical (unpaired) electrons. The monoisotopic (exact) mass is 339 g/mol. The van der Waals surface area contributed by atoms with Gasteiger partial charge in [-0.15, -0.1) is 0 Å². The van der Waals surface area contributed by atoms with Gasteiger partial charge in [-0.3, -0.25) is 0 Å². The van der Waals surface area contributed by atoms with Crippen LogP contribution in [0.4, 0.5) is 14.6 Å². The first-order valence-electron chi connectivity index (χ1n) is 6.57. The summed E-state index contributed by atoms with van der Waals surface area (Å²) in [4.78, 5) is 18.8. The van der Waals surface area contributed by atoms with Gasteiger partial charge >= 0.3 is 12.0 Å². The molecule has 1 aliphatic heterocycles. The molecule has 10 heteroatoms. The fourth-order valence-electron chi connectivity index (χ4n) is 2.21. The molecule has 24 heavy (non-hydrogen) atoms. The maximum atomic E-state index is 14.3. The Morgan fingerprint density at radius 2 is 1.96 bits per heavy atom. The van der Waals surface area contributed by atoms with Crippen LogP contribution in [0, 0.1) is 5.82 Å². The molecular weight excluding hydrogens is 328 g/mol. The molecule has 3 rings (SSSR count). The second kappa shape index (κ2) is 5.18. The van der Waals surface area contributed by atoms with Crippen molar-refractivity contribution in [1.29, 1.82) is 0 Å². The van der Waals surface area contributed by atoms with E-state index < -0.39 is 23.5 Å². The number of ether oxygens (including phenoxy) is 3. The van der Waals surface area contributed by atoms with Crippen LogP contribution in [0.2, 0.25) is 0 Å². The number of rotatable bonds is 3. The van der Waals surface area contributed by atoms with Crippen molar-refractivity contribution in [3.8, 4) is 28.6 Å². The number of methoxy groups -OCH3 is 1. The number of nitrogen functional groups attached to an aromatic ring is 1. The molecule has 0 fully saturated rings. The van der Waals surface area contributed by atoms with Crippen LogP contribution in [0.3, 0.4) is 0 Å². The Bertz CT molecular complexity index is 857. The summed E-state index contributed by atoms with van der Waals surface area (Å²) in [5.74, 6) is -3.36. The zero-order valence-electron chi connectivity index (χ0n) is 12.5. The summed E-state index contributed by atoms with van der Waals surface area (Å²) in [6.45, 7) is 1.01. The number of fused-ring (bicyclic) bond motifs is 1. The number of anilines is 1. The Labute approximate surface area is 133 Å². The molecule has 1 aromatic carbocycles. The van der Waals surface area contributed by atoms with Gasteiger partial charge in [0.15, 0.2) is 34.6 Å². The number of benzene rings is 1. The summed E-state index contributed by atoms with van der Waals surface area (Å²) in [7, 11) is 1.20. The van der Waals surface area contributed by atoms with Gasteiger partial charge in [-0.25, -0.2) is 19.2 Å². The molecule has 126 valence electrons. The van der Waals surface area contributed by atoms with E-state index in [0.717, 1.165) is 19.1 Å². The fourth-order valence-corrected chi connectivity index (χ4v) is 2.21. The van der Waals surface area contributed by atoms with Gasteiger partial charge in [0.2, 0.25) is 0 Å². The van der Waals surface area contributed by atoms with Crippen molar-refractivity contribution in [2.45, 2.75) is 13.0 Å². The van der Waals surface area contributed by atoms with E-state index in [9.17, 15) is 18.7 Å². The summed E-state index contributed by atoms with van der Waals surface area (Å²) in [6, 6.07) is -0.443. The first-order valence-corrected chi connectivity index (χ1v) is 6.57. The van der Waals surface area contributed by atoms with E-state index >= 15 is 0 Å². The van der Waals surface area contributed by atoms with Gasteiger partial charge in [0.25, 0.3) is 0 Å². The van der Waals surface area contributed by atoms with E-state index in [-0.39, 0.29) is 34.5 Å². The van der Waals surface area contributed by atoms with Gasteiger partial charge in [-0.1, -0.05) is 0 Å². The number of hydrogen-bond donors (Lipinski definition) is 2. The largest absolute Gasteiger partial charge is 0.491 e. The smallest absolute Gasteiger partial charge is 0.404 e. The Morgan fingerprint density at radius 3 is 2.54 bits per heavy atom. The van der Waals surface area contributed by atoms with E-state index in [1.165, 1.54) is 7.11 Å². The number of carboxylic acid groups (broad SMARTS) is 1. The number of aromatic carboxylic acids is 1. The highest BCUT2D eigenvalue weighted by atomic mass is 19.2. The van der Waals surface area contributed by atoms with Gasteiger partial charge in [0.05, 0.1) is 12.7 Å². The Hall–Kier alpha value is -3.17. The third-order valence-electron chi connectivity index (χ3n) is 3.16. The molecule has 8 nitrogen and oxygen atoms in total. The van der Waals surface area contributed by atoms with Gasteiger partial charge in [-0.2, -0.15) is 4.39 Å². The molecule has 1 aromatic heterocycles. The lowest BCUT2D eigenvalue weighted by molar-refractivity contribution is -0.173. The van der Waals surface area contributed by atoms with Crippen LogP contribution < -0.4 is 19.9 Å². The van der Waals surface area contributed by atoms with Crippen molar-refractivity contribution in [3.63, 3.8) is 0 Å². The standard InChI is InChI=1S/C14H11F2N3O5/c1-14(16)23-7-3-5(6(15)4-8(7)24-14)12-18-9(13(20)21)10(22-2)11(17)19-12/h3-4H,1-2H3,(H,20,21)(H2,17,18,19). The fraction of sp³-hybridized carbons (Fsp3) is 0.214. The molecule has 0 aliphatic carbocycles. The van der Waals surface area contributed by atoms with Gasteiger partial charge < -0.3 is 25.1 Å². The molecule has 0 amide bonds. The molecule has 0 saturated carbocycles. The number of aromatic nitrogens is 2. The molecule has 2 aromatic rings. The number of alkyl halides is 1. The lowest BCUT2D eigenvalue weighted by Gasteiger charge is -2.10. The van der Waals surface area contributed by atoms with Crippen molar-refractivity contribution in [1.82, 2.24) is 9.97 Å². The summed E-state index contributed by atoms with van der Waals surface area (Å²) in [6.07, 6.45) is 0. The zero-order chi connectivity index (χ0) is 17.6. The first kappa shape index (κ1) is 15.7.